The first kappa shape index (κ1) is 25.0. The van der Waals surface area contributed by atoms with E-state index >= 15 is 0 Å². The second-order valence-corrected chi connectivity index (χ2v) is 9.47. The lowest BCUT2D eigenvalue weighted by molar-refractivity contribution is -0.125. The molecule has 0 radical (unpaired) electrons. The number of halogens is 2. The lowest BCUT2D eigenvalue weighted by Crippen LogP contribution is -2.32. The number of ether oxygens (including phenoxy) is 1. The Morgan fingerprint density at radius 1 is 1.19 bits per heavy atom. The van der Waals surface area contributed by atoms with Gasteiger partial charge in [-0.15, -0.1) is 0 Å². The number of amides is 1. The van der Waals surface area contributed by atoms with Crippen molar-refractivity contribution in [2.24, 2.45) is 5.92 Å². The van der Waals surface area contributed by atoms with Crippen molar-refractivity contribution in [3.05, 3.63) is 48.0 Å². The summed E-state index contributed by atoms with van der Waals surface area (Å²) in [7, 11) is -2.81. The van der Waals surface area contributed by atoms with Crippen molar-refractivity contribution in [2.75, 3.05) is 10.0 Å². The van der Waals surface area contributed by atoms with Crippen molar-refractivity contribution >= 4 is 36.5 Å². The molecule has 3 N–H and O–H groups in total. The minimum Gasteiger partial charge on any atom is -0.430 e. The quantitative estimate of drug-likeness (QED) is 0.480. The Bertz CT molecular complexity index is 1040. The first-order valence-electron chi connectivity index (χ1n) is 9.43. The van der Waals surface area contributed by atoms with Gasteiger partial charge in [-0.25, -0.2) is 8.42 Å². The van der Waals surface area contributed by atoms with E-state index in [0.717, 1.165) is 6.07 Å². The van der Waals surface area contributed by atoms with Gasteiger partial charge >= 0.3 is 5.85 Å². The fourth-order valence-corrected chi connectivity index (χ4v) is 4.18. The van der Waals surface area contributed by atoms with Crippen LogP contribution in [0.15, 0.2) is 47.4 Å². The zero-order valence-corrected chi connectivity index (χ0v) is 19.2. The molecule has 2 aromatic rings. The number of carbonyl (C=O) groups is 1. The summed E-state index contributed by atoms with van der Waals surface area (Å²) in [5.74, 6) is -4.57. The fraction of sp³-hybridized carbons (Fsp3) is 0.350. The fourth-order valence-electron chi connectivity index (χ4n) is 2.70. The summed E-state index contributed by atoms with van der Waals surface area (Å²) >= 11 is 0. The summed E-state index contributed by atoms with van der Waals surface area (Å²) in [4.78, 5) is 12.0. The van der Waals surface area contributed by atoms with E-state index in [9.17, 15) is 27.1 Å². The van der Waals surface area contributed by atoms with E-state index in [4.69, 9.17) is 0 Å². The number of aliphatic hydroxyl groups excluding tert-OH is 1. The average Bonchev–Trinajstić information content (AvgIpc) is 2.65. The van der Waals surface area contributed by atoms with Crippen LogP contribution in [0, 0.1) is 5.92 Å². The Kier molecular flexibility index (Phi) is 7.97. The summed E-state index contributed by atoms with van der Waals surface area (Å²) in [6.45, 7) is 5.14. The van der Waals surface area contributed by atoms with Gasteiger partial charge in [-0.1, -0.05) is 26.8 Å². The van der Waals surface area contributed by atoms with Crippen LogP contribution in [-0.2, 0) is 21.2 Å². The van der Waals surface area contributed by atoms with E-state index < -0.39 is 27.9 Å². The molecule has 0 aliphatic carbocycles. The number of alkyl halides is 2. The van der Waals surface area contributed by atoms with E-state index in [2.05, 4.69) is 14.8 Å². The number of rotatable bonds is 9. The van der Waals surface area contributed by atoms with Crippen LogP contribution in [0.1, 0.15) is 26.3 Å². The van der Waals surface area contributed by atoms with Gasteiger partial charge in [0.25, 0.3) is 15.9 Å². The van der Waals surface area contributed by atoms with Gasteiger partial charge in [-0.2, -0.15) is 8.78 Å². The minimum atomic E-state index is -4.05. The monoisotopic (exact) mass is 474 g/mol. The predicted molar refractivity (Wildman–Crippen MR) is 118 cm³/mol. The molecule has 2 atom stereocenters. The van der Waals surface area contributed by atoms with Gasteiger partial charge < -0.3 is 15.2 Å². The van der Waals surface area contributed by atoms with Crippen LogP contribution in [-0.4, -0.2) is 31.4 Å². The molecule has 0 bridgehead atoms. The van der Waals surface area contributed by atoms with Gasteiger partial charge in [-0.3, -0.25) is 9.52 Å². The number of anilines is 2. The zero-order chi connectivity index (χ0) is 23.4. The Labute approximate surface area is 182 Å². The van der Waals surface area contributed by atoms with Crippen LogP contribution in [0.5, 0.6) is 5.75 Å². The normalized spacial score (nSPS) is 13.0. The number of nitrogens with one attached hydrogen (secondary N) is 2. The molecule has 31 heavy (non-hydrogen) atoms. The van der Waals surface area contributed by atoms with Crippen LogP contribution in [0.2, 0.25) is 0 Å². The topological polar surface area (TPSA) is 105 Å². The van der Waals surface area contributed by atoms with Gasteiger partial charge in [0.15, 0.2) is 0 Å². The van der Waals surface area contributed by atoms with Crippen molar-refractivity contribution < 1.29 is 31.8 Å². The first-order valence-corrected chi connectivity index (χ1v) is 11.5. The van der Waals surface area contributed by atoms with Gasteiger partial charge in [0.1, 0.15) is 11.9 Å². The van der Waals surface area contributed by atoms with Crippen LogP contribution < -0.4 is 14.8 Å². The molecule has 0 spiro atoms. The predicted octanol–water partition coefficient (Wildman–Crippen LogP) is 3.81. The van der Waals surface area contributed by atoms with Gasteiger partial charge in [0.05, 0.1) is 10.6 Å². The first-order chi connectivity index (χ1) is 14.3. The Hall–Kier alpha value is -2.29. The second kappa shape index (κ2) is 9.89. The highest BCUT2D eigenvalue weighted by Gasteiger charge is 2.24. The largest absolute Gasteiger partial charge is 0.430 e. The zero-order valence-electron chi connectivity index (χ0n) is 17.2. The van der Waals surface area contributed by atoms with E-state index in [1.165, 1.54) is 45.6 Å². The number of aryl methyl sites for hydroxylation is 1. The number of carbonyl (C=O) groups excluding carboxylic acids is 1. The maximum atomic E-state index is 13.0. The number of benzene rings is 2. The van der Waals surface area contributed by atoms with Gasteiger partial charge in [0, 0.05) is 11.8 Å². The molecule has 1 unspecified atom stereocenters. The van der Waals surface area contributed by atoms with Gasteiger partial charge in [0.2, 0.25) is 0 Å². The van der Waals surface area contributed by atoms with E-state index in [1.54, 1.807) is 20.8 Å². The molecular weight excluding hydrogens is 449 g/mol. The standard InChI is InChI=1S/C20H25F2N2O5PS/c1-4-13-10-14(23-19(26)18(25)12(2)3)8-9-17(13)31(27,28)24-15-6-5-7-16(11-15)29-20(21,22)30/h5-12,18,24-25H,4,30H2,1-3H3,(H,23,26)/t18-/m0/s1. The van der Waals surface area contributed by atoms with Crippen LogP contribution in [0.25, 0.3) is 0 Å². The molecule has 2 aromatic carbocycles. The number of hydrogen-bond donors (Lipinski definition) is 3. The highest BCUT2D eigenvalue weighted by molar-refractivity contribution is 7.92. The molecule has 2 rings (SSSR count). The highest BCUT2D eigenvalue weighted by Crippen LogP contribution is 2.30. The maximum Gasteiger partial charge on any atom is 0.408 e. The van der Waals surface area contributed by atoms with Crippen molar-refractivity contribution in [3.8, 4) is 5.75 Å². The van der Waals surface area contributed by atoms with E-state index in [-0.39, 0.29) is 22.3 Å². The molecule has 0 heterocycles. The van der Waals surface area contributed by atoms with Crippen molar-refractivity contribution in [2.45, 2.75) is 44.0 Å². The third kappa shape index (κ3) is 7.12. The van der Waals surface area contributed by atoms with Crippen LogP contribution in [0.4, 0.5) is 20.2 Å². The molecule has 0 aliphatic rings. The lowest BCUT2D eigenvalue weighted by atomic mass is 10.1. The number of hydrogen-bond acceptors (Lipinski definition) is 5. The average molecular weight is 474 g/mol. The smallest absolute Gasteiger partial charge is 0.408 e. The maximum absolute atomic E-state index is 13.0. The number of aliphatic hydroxyl groups is 1. The SMILES string of the molecule is CCc1cc(NC(=O)[C@@H](O)C(C)C)ccc1S(=O)(=O)Nc1cccc(OC(F)(F)P)c1. The van der Waals surface area contributed by atoms with Crippen LogP contribution >= 0.6 is 9.24 Å². The highest BCUT2D eigenvalue weighted by atomic mass is 32.2. The molecule has 1 amide bonds. The van der Waals surface area contributed by atoms with E-state index in [1.807, 2.05) is 0 Å². The van der Waals surface area contributed by atoms with Crippen LogP contribution in [0.3, 0.4) is 0 Å². The Morgan fingerprint density at radius 2 is 1.87 bits per heavy atom. The van der Waals surface area contributed by atoms with Gasteiger partial charge in [-0.05, 0) is 57.5 Å². The molecule has 0 saturated carbocycles. The molecule has 170 valence electrons. The molecule has 11 heteroatoms. The molecule has 0 aliphatic heterocycles. The third-order valence-corrected chi connectivity index (χ3v) is 5.84. The summed E-state index contributed by atoms with van der Waals surface area (Å²) < 4.78 is 58.6. The summed E-state index contributed by atoms with van der Waals surface area (Å²) in [5.41, 5.74) is 0.818. The van der Waals surface area contributed by atoms with Crippen molar-refractivity contribution in [1.29, 1.82) is 0 Å². The van der Waals surface area contributed by atoms with E-state index in [0.29, 0.717) is 17.7 Å². The second-order valence-electron chi connectivity index (χ2n) is 7.15. The summed E-state index contributed by atoms with van der Waals surface area (Å²) in [5, 5.41) is 12.4. The Balaban J connectivity index is 2.27. The van der Waals surface area contributed by atoms with Crippen molar-refractivity contribution in [1.82, 2.24) is 0 Å². The third-order valence-electron chi connectivity index (χ3n) is 4.24. The molecule has 7 nitrogen and oxygen atoms in total. The number of sulfonamides is 1. The Morgan fingerprint density at radius 3 is 2.45 bits per heavy atom. The summed E-state index contributed by atoms with van der Waals surface area (Å²) in [6.07, 6.45) is -0.853. The molecule has 0 fully saturated rings. The lowest BCUT2D eigenvalue weighted by Gasteiger charge is -2.17. The van der Waals surface area contributed by atoms with Crippen molar-refractivity contribution in [3.63, 3.8) is 0 Å². The molecule has 0 aromatic heterocycles. The summed E-state index contributed by atoms with van der Waals surface area (Å²) in [6, 6.07) is 9.44. The molecular formula is C20H25F2N2O5PS. The molecule has 0 saturated heterocycles. The minimum absolute atomic E-state index is 0.0277.